The van der Waals surface area contributed by atoms with Crippen molar-refractivity contribution in [2.24, 2.45) is 5.92 Å². The SMILES string of the molecule is CC(CC(C)(C)c1ccccc1)NC(=O)Cc1csc(NC(=O)C(C)C)n1. The lowest BCUT2D eigenvalue weighted by molar-refractivity contribution is -0.121. The van der Waals surface area contributed by atoms with E-state index in [1.807, 2.05) is 44.4 Å². The van der Waals surface area contributed by atoms with Crippen molar-refractivity contribution in [2.45, 2.75) is 58.9 Å². The maximum Gasteiger partial charge on any atom is 0.228 e. The Kier molecular flexibility index (Phi) is 7.13. The van der Waals surface area contributed by atoms with Crippen molar-refractivity contribution in [2.75, 3.05) is 5.32 Å². The van der Waals surface area contributed by atoms with Crippen LogP contribution >= 0.6 is 11.3 Å². The van der Waals surface area contributed by atoms with Gasteiger partial charge in [0.05, 0.1) is 12.1 Å². The molecule has 2 rings (SSSR count). The number of thiazole rings is 1. The molecule has 0 fully saturated rings. The van der Waals surface area contributed by atoms with E-state index in [1.54, 1.807) is 0 Å². The number of anilines is 1. The van der Waals surface area contributed by atoms with Crippen molar-refractivity contribution in [3.8, 4) is 0 Å². The van der Waals surface area contributed by atoms with Gasteiger partial charge < -0.3 is 10.6 Å². The number of aromatic nitrogens is 1. The summed E-state index contributed by atoms with van der Waals surface area (Å²) in [5.74, 6) is -0.231. The molecule has 2 aromatic rings. The number of amides is 2. The molecule has 0 aliphatic heterocycles. The van der Waals surface area contributed by atoms with Crippen LogP contribution in [0.5, 0.6) is 0 Å². The van der Waals surface area contributed by atoms with E-state index in [2.05, 4.69) is 41.6 Å². The standard InChI is InChI=1S/C21H29N3O2S/c1-14(2)19(26)24-20-23-17(13-27-20)11-18(25)22-15(3)12-21(4,5)16-9-7-6-8-10-16/h6-10,13-15H,11-12H2,1-5H3,(H,22,25)(H,23,24,26). The van der Waals surface area contributed by atoms with Crippen molar-refractivity contribution < 1.29 is 9.59 Å². The van der Waals surface area contributed by atoms with Gasteiger partial charge in [0.15, 0.2) is 5.13 Å². The summed E-state index contributed by atoms with van der Waals surface area (Å²) in [4.78, 5) is 28.4. The first kappa shape index (κ1) is 21.1. The highest BCUT2D eigenvalue weighted by Gasteiger charge is 2.24. The number of hydrogen-bond donors (Lipinski definition) is 2. The van der Waals surface area contributed by atoms with Crippen LogP contribution in [0, 0.1) is 5.92 Å². The smallest absolute Gasteiger partial charge is 0.228 e. The number of nitrogens with one attached hydrogen (secondary N) is 2. The lowest BCUT2D eigenvalue weighted by Gasteiger charge is -2.29. The van der Waals surface area contributed by atoms with Gasteiger partial charge >= 0.3 is 0 Å². The van der Waals surface area contributed by atoms with Gasteiger partial charge in [-0.25, -0.2) is 4.98 Å². The molecule has 27 heavy (non-hydrogen) atoms. The van der Waals surface area contributed by atoms with Crippen LogP contribution < -0.4 is 10.6 Å². The fourth-order valence-corrected chi connectivity index (χ4v) is 3.72. The summed E-state index contributed by atoms with van der Waals surface area (Å²) in [6, 6.07) is 10.4. The van der Waals surface area contributed by atoms with Gasteiger partial charge in [0.25, 0.3) is 0 Å². The molecule has 0 saturated heterocycles. The second kappa shape index (κ2) is 9.13. The molecule has 1 unspecified atom stereocenters. The molecule has 2 amide bonds. The average Bonchev–Trinajstić information content (AvgIpc) is 3.01. The van der Waals surface area contributed by atoms with Crippen LogP contribution in [0.4, 0.5) is 5.13 Å². The topological polar surface area (TPSA) is 71.1 Å². The largest absolute Gasteiger partial charge is 0.353 e. The van der Waals surface area contributed by atoms with Crippen LogP contribution in [-0.2, 0) is 21.4 Å². The van der Waals surface area contributed by atoms with E-state index in [0.29, 0.717) is 10.8 Å². The number of carbonyl (C=O) groups excluding carboxylic acids is 2. The number of carbonyl (C=O) groups is 2. The molecule has 1 heterocycles. The number of rotatable bonds is 8. The van der Waals surface area contributed by atoms with Crippen LogP contribution in [0.25, 0.3) is 0 Å². The van der Waals surface area contributed by atoms with E-state index in [9.17, 15) is 9.59 Å². The molecule has 0 aliphatic rings. The fourth-order valence-electron chi connectivity index (χ4n) is 3.01. The van der Waals surface area contributed by atoms with Crippen molar-refractivity contribution in [3.63, 3.8) is 0 Å². The fraction of sp³-hybridized carbons (Fsp3) is 0.476. The van der Waals surface area contributed by atoms with Crippen LogP contribution in [0.15, 0.2) is 35.7 Å². The van der Waals surface area contributed by atoms with E-state index < -0.39 is 0 Å². The third-order valence-electron chi connectivity index (χ3n) is 4.43. The van der Waals surface area contributed by atoms with E-state index >= 15 is 0 Å². The zero-order chi connectivity index (χ0) is 20.0. The molecule has 6 heteroatoms. The summed E-state index contributed by atoms with van der Waals surface area (Å²) < 4.78 is 0. The Bertz CT molecular complexity index is 769. The third kappa shape index (κ3) is 6.47. The second-order valence-electron chi connectivity index (χ2n) is 7.89. The minimum Gasteiger partial charge on any atom is -0.353 e. The van der Waals surface area contributed by atoms with Gasteiger partial charge in [0, 0.05) is 17.3 Å². The predicted molar refractivity (Wildman–Crippen MR) is 111 cm³/mol. The van der Waals surface area contributed by atoms with Crippen LogP contribution in [0.1, 0.15) is 52.3 Å². The quantitative estimate of drug-likeness (QED) is 0.715. The van der Waals surface area contributed by atoms with E-state index in [0.717, 1.165) is 6.42 Å². The van der Waals surface area contributed by atoms with Gasteiger partial charge in [0.1, 0.15) is 0 Å². The van der Waals surface area contributed by atoms with Crippen LogP contribution in [-0.4, -0.2) is 22.8 Å². The van der Waals surface area contributed by atoms with Crippen molar-refractivity contribution in [3.05, 3.63) is 47.0 Å². The Labute approximate surface area is 165 Å². The van der Waals surface area contributed by atoms with Gasteiger partial charge in [0.2, 0.25) is 11.8 Å². The summed E-state index contributed by atoms with van der Waals surface area (Å²) in [6.07, 6.45) is 1.06. The van der Waals surface area contributed by atoms with E-state index in [1.165, 1.54) is 16.9 Å². The first-order chi connectivity index (χ1) is 12.7. The predicted octanol–water partition coefficient (Wildman–Crippen LogP) is 4.15. The minimum atomic E-state index is -0.102. The molecule has 5 nitrogen and oxygen atoms in total. The van der Waals surface area contributed by atoms with Gasteiger partial charge in [-0.1, -0.05) is 58.0 Å². The molecule has 1 aromatic carbocycles. The van der Waals surface area contributed by atoms with Gasteiger partial charge in [-0.05, 0) is 24.3 Å². The molecular formula is C21H29N3O2S. The zero-order valence-corrected chi connectivity index (χ0v) is 17.5. The molecule has 2 N–H and O–H groups in total. The Morgan fingerprint density at radius 2 is 1.81 bits per heavy atom. The summed E-state index contributed by atoms with van der Waals surface area (Å²) in [6.45, 7) is 10.1. The maximum absolute atomic E-state index is 12.4. The van der Waals surface area contributed by atoms with Crippen LogP contribution in [0.3, 0.4) is 0 Å². The molecule has 1 atom stereocenters. The lowest BCUT2D eigenvalue weighted by atomic mass is 9.79. The molecule has 0 aliphatic carbocycles. The number of benzene rings is 1. The number of hydrogen-bond acceptors (Lipinski definition) is 4. The van der Waals surface area contributed by atoms with Crippen molar-refractivity contribution in [1.82, 2.24) is 10.3 Å². The monoisotopic (exact) mass is 387 g/mol. The van der Waals surface area contributed by atoms with Gasteiger partial charge in [-0.15, -0.1) is 11.3 Å². The molecule has 0 spiro atoms. The van der Waals surface area contributed by atoms with Gasteiger partial charge in [-0.3, -0.25) is 9.59 Å². The molecule has 0 bridgehead atoms. The zero-order valence-electron chi connectivity index (χ0n) is 16.7. The highest BCUT2D eigenvalue weighted by molar-refractivity contribution is 7.13. The molecule has 1 aromatic heterocycles. The first-order valence-corrected chi connectivity index (χ1v) is 10.2. The average molecular weight is 388 g/mol. The normalized spacial score (nSPS) is 12.7. The minimum absolute atomic E-state index is 0.0249. The Balaban J connectivity index is 1.86. The third-order valence-corrected chi connectivity index (χ3v) is 5.23. The second-order valence-corrected chi connectivity index (χ2v) is 8.75. The molecule has 0 radical (unpaired) electrons. The lowest BCUT2D eigenvalue weighted by Crippen LogP contribution is -2.38. The van der Waals surface area contributed by atoms with E-state index in [4.69, 9.17) is 0 Å². The number of nitrogens with zero attached hydrogens (tertiary/aromatic N) is 1. The van der Waals surface area contributed by atoms with Crippen molar-refractivity contribution in [1.29, 1.82) is 0 Å². The highest BCUT2D eigenvalue weighted by Crippen LogP contribution is 2.28. The Morgan fingerprint density at radius 1 is 1.15 bits per heavy atom. The summed E-state index contributed by atoms with van der Waals surface area (Å²) in [5, 5.41) is 8.17. The summed E-state index contributed by atoms with van der Waals surface area (Å²) >= 11 is 1.34. The Hall–Kier alpha value is -2.21. The molecular weight excluding hydrogens is 358 g/mol. The summed E-state index contributed by atoms with van der Waals surface area (Å²) in [7, 11) is 0. The molecule has 146 valence electrons. The Morgan fingerprint density at radius 3 is 2.44 bits per heavy atom. The van der Waals surface area contributed by atoms with Crippen LogP contribution in [0.2, 0.25) is 0 Å². The molecule has 0 saturated carbocycles. The summed E-state index contributed by atoms with van der Waals surface area (Å²) in [5.41, 5.74) is 1.91. The van der Waals surface area contributed by atoms with E-state index in [-0.39, 0.29) is 35.6 Å². The maximum atomic E-state index is 12.4. The van der Waals surface area contributed by atoms with Crippen molar-refractivity contribution >= 4 is 28.3 Å². The highest BCUT2D eigenvalue weighted by atomic mass is 32.1. The first-order valence-electron chi connectivity index (χ1n) is 9.27. The van der Waals surface area contributed by atoms with Gasteiger partial charge in [-0.2, -0.15) is 0 Å².